The fraction of sp³-hybridized carbons (Fsp3) is 0.946. The third-order valence-electron chi connectivity index (χ3n) is 12.6. The van der Waals surface area contributed by atoms with Crippen molar-refractivity contribution in [2.75, 3.05) is 27.3 Å². The molecular formula is C56H117NO6. The Bertz CT molecular complexity index is 761. The molecule has 0 aliphatic heterocycles. The summed E-state index contributed by atoms with van der Waals surface area (Å²) in [5, 5.41) is 16.8. The zero-order valence-corrected chi connectivity index (χ0v) is 44.2. The lowest BCUT2D eigenvalue weighted by Gasteiger charge is -2.17. The summed E-state index contributed by atoms with van der Waals surface area (Å²) >= 11 is 0. The number of unbranched alkanes of at least 4 members (excludes halogenated alkanes) is 24. The van der Waals surface area contributed by atoms with E-state index in [1.807, 2.05) is 13.8 Å². The van der Waals surface area contributed by atoms with Crippen molar-refractivity contribution in [2.24, 2.45) is 17.8 Å². The summed E-state index contributed by atoms with van der Waals surface area (Å²) in [7, 11) is 2.93. The van der Waals surface area contributed by atoms with Gasteiger partial charge in [-0.05, 0) is 50.6 Å². The predicted molar refractivity (Wildman–Crippen MR) is 278 cm³/mol. The van der Waals surface area contributed by atoms with Gasteiger partial charge in [0.1, 0.15) is 6.79 Å². The van der Waals surface area contributed by atoms with Crippen LogP contribution in [0.3, 0.4) is 0 Å². The molecule has 0 bridgehead atoms. The molecular weight excluding hydrogens is 783 g/mol. The molecule has 7 heteroatoms. The maximum Gasteiger partial charge on any atom is 0.306 e. The van der Waals surface area contributed by atoms with Crippen molar-refractivity contribution in [1.82, 2.24) is 5.32 Å². The van der Waals surface area contributed by atoms with Crippen LogP contribution in [-0.4, -0.2) is 56.8 Å². The van der Waals surface area contributed by atoms with Crippen molar-refractivity contribution >= 4 is 19.2 Å². The second-order valence-corrected chi connectivity index (χ2v) is 18.3. The minimum absolute atomic E-state index is 0.0562. The third-order valence-corrected chi connectivity index (χ3v) is 12.6. The van der Waals surface area contributed by atoms with E-state index in [0.717, 1.165) is 31.9 Å². The summed E-state index contributed by atoms with van der Waals surface area (Å²) in [6.45, 7) is 17.1. The van der Waals surface area contributed by atoms with Crippen molar-refractivity contribution < 1.29 is 29.3 Å². The van der Waals surface area contributed by atoms with Gasteiger partial charge >= 0.3 is 5.97 Å². The Morgan fingerprint density at radius 2 is 0.667 bits per heavy atom. The Kier molecular flexibility index (Phi) is 77.9. The van der Waals surface area contributed by atoms with Crippen LogP contribution in [0.5, 0.6) is 0 Å². The molecule has 0 aromatic carbocycles. The van der Waals surface area contributed by atoms with Crippen LogP contribution >= 0.6 is 0 Å². The fourth-order valence-corrected chi connectivity index (χ4v) is 8.62. The first kappa shape index (κ1) is 70.5. The molecule has 0 aliphatic carbocycles. The Labute approximate surface area is 396 Å². The maximum atomic E-state index is 12.5. The van der Waals surface area contributed by atoms with Crippen LogP contribution in [0.2, 0.25) is 0 Å². The van der Waals surface area contributed by atoms with Gasteiger partial charge in [0.25, 0.3) is 6.47 Å². The quantitative estimate of drug-likeness (QED) is 0.0317. The predicted octanol–water partition coefficient (Wildman–Crippen LogP) is 17.4. The number of nitrogens with one attached hydrogen (secondary N) is 1. The standard InChI is InChI=1S/C50H100O2.C3H9N.CH2O2.CH4O.CH2O/c1-6-11-29-38-48(39-30-12-7-2)42-35-27-22-18-16-17-21-25-33-40-47(37-15-10-5)41-34-26-23-19-20-24-28-36-45-52-50(51)46-49(43-31-13-8-3)44-32-14-9-4;1-3-4-2;2-1-3;2*1-2/h47-49H,6-46H2,1-5H3;4H,3H2,1-2H3;1H,(H,2,3);2H,1H3;1H2. The number of hydrogen-bond acceptors (Lipinski definition) is 6. The molecule has 0 fully saturated rings. The molecule has 0 spiro atoms. The number of hydrogen-bond donors (Lipinski definition) is 3. The molecule has 0 saturated carbocycles. The molecule has 0 amide bonds. The highest BCUT2D eigenvalue weighted by Gasteiger charge is 2.15. The van der Waals surface area contributed by atoms with Gasteiger partial charge in [0.2, 0.25) is 0 Å². The Hall–Kier alpha value is -1.47. The summed E-state index contributed by atoms with van der Waals surface area (Å²) < 4.78 is 5.65. The van der Waals surface area contributed by atoms with E-state index in [0.29, 0.717) is 18.9 Å². The Balaban J connectivity index is -0.000000919. The number of aliphatic hydroxyl groups is 1. The Morgan fingerprint density at radius 3 is 0.937 bits per heavy atom. The van der Waals surface area contributed by atoms with Gasteiger partial charge in [0, 0.05) is 13.5 Å². The summed E-state index contributed by atoms with van der Waals surface area (Å²) in [4.78, 5) is 28.8. The van der Waals surface area contributed by atoms with Gasteiger partial charge in [-0.25, -0.2) is 0 Å². The fourth-order valence-electron chi connectivity index (χ4n) is 8.62. The highest BCUT2D eigenvalue weighted by atomic mass is 16.5. The molecule has 1 unspecified atom stereocenters. The van der Waals surface area contributed by atoms with Crippen LogP contribution in [0.4, 0.5) is 0 Å². The molecule has 3 N–H and O–H groups in total. The molecule has 382 valence electrons. The van der Waals surface area contributed by atoms with Crippen LogP contribution in [-0.2, 0) is 19.1 Å². The second kappa shape index (κ2) is 69.6. The van der Waals surface area contributed by atoms with E-state index in [9.17, 15) is 4.79 Å². The van der Waals surface area contributed by atoms with E-state index >= 15 is 0 Å². The van der Waals surface area contributed by atoms with E-state index in [1.165, 1.54) is 244 Å². The zero-order chi connectivity index (χ0) is 48.1. The highest BCUT2D eigenvalue weighted by Crippen LogP contribution is 2.26. The van der Waals surface area contributed by atoms with Crippen LogP contribution in [0.15, 0.2) is 0 Å². The van der Waals surface area contributed by atoms with Gasteiger partial charge < -0.3 is 25.1 Å². The van der Waals surface area contributed by atoms with E-state index in [4.69, 9.17) is 24.5 Å². The summed E-state index contributed by atoms with van der Waals surface area (Å²) in [6.07, 6.45) is 54.8. The molecule has 0 rings (SSSR count). The van der Waals surface area contributed by atoms with Crippen molar-refractivity contribution in [2.45, 2.75) is 298 Å². The van der Waals surface area contributed by atoms with Crippen LogP contribution in [0.25, 0.3) is 0 Å². The SMILES string of the molecule is C=O.CCCCCC(CCCCC)CCCCCCCCCCCC(CCCC)CCCCCCCCCCOC(=O)CC(CCCCC)CCCCC.CCNC.CO.O=CO. The summed E-state index contributed by atoms with van der Waals surface area (Å²) in [5.41, 5.74) is 0. The minimum atomic E-state index is -0.250. The molecule has 0 heterocycles. The number of aliphatic hydroxyl groups excluding tert-OH is 1. The van der Waals surface area contributed by atoms with Crippen LogP contribution < -0.4 is 5.32 Å². The first-order valence-corrected chi connectivity index (χ1v) is 27.6. The molecule has 63 heavy (non-hydrogen) atoms. The first-order valence-electron chi connectivity index (χ1n) is 27.6. The average Bonchev–Trinajstić information content (AvgIpc) is 3.30. The lowest BCUT2D eigenvalue weighted by molar-refractivity contribution is -0.145. The average molecular weight is 901 g/mol. The largest absolute Gasteiger partial charge is 0.483 e. The van der Waals surface area contributed by atoms with Gasteiger partial charge in [0.05, 0.1) is 6.61 Å². The molecule has 0 aromatic heterocycles. The van der Waals surface area contributed by atoms with Gasteiger partial charge in [-0.1, -0.05) is 273 Å². The van der Waals surface area contributed by atoms with Crippen LogP contribution in [0.1, 0.15) is 298 Å². The van der Waals surface area contributed by atoms with Crippen molar-refractivity contribution in [3.8, 4) is 0 Å². The first-order chi connectivity index (χ1) is 30.9. The molecule has 0 aliphatic rings. The molecule has 0 radical (unpaired) electrons. The molecule has 0 aromatic rings. The molecule has 1 atom stereocenters. The van der Waals surface area contributed by atoms with E-state index in [-0.39, 0.29) is 12.4 Å². The van der Waals surface area contributed by atoms with Gasteiger partial charge in [-0.2, -0.15) is 0 Å². The molecule has 7 nitrogen and oxygen atoms in total. The number of carbonyl (C=O) groups excluding carboxylic acids is 2. The van der Waals surface area contributed by atoms with Gasteiger partial charge in [-0.3, -0.25) is 9.59 Å². The van der Waals surface area contributed by atoms with E-state index in [2.05, 4.69) is 46.9 Å². The maximum absolute atomic E-state index is 12.5. The number of carboxylic acid groups (broad SMARTS) is 1. The number of ether oxygens (including phenoxy) is 1. The van der Waals surface area contributed by atoms with Gasteiger partial charge in [-0.15, -0.1) is 0 Å². The van der Waals surface area contributed by atoms with Crippen molar-refractivity contribution in [1.29, 1.82) is 0 Å². The lowest BCUT2D eigenvalue weighted by Crippen LogP contribution is -2.13. The Morgan fingerprint density at radius 1 is 0.444 bits per heavy atom. The van der Waals surface area contributed by atoms with Crippen LogP contribution in [0, 0.1) is 17.8 Å². The number of rotatable bonds is 45. The van der Waals surface area contributed by atoms with E-state index in [1.54, 1.807) is 0 Å². The zero-order valence-electron chi connectivity index (χ0n) is 44.2. The monoisotopic (exact) mass is 900 g/mol. The van der Waals surface area contributed by atoms with Gasteiger partial charge in [0.15, 0.2) is 0 Å². The van der Waals surface area contributed by atoms with Crippen molar-refractivity contribution in [3.63, 3.8) is 0 Å². The second-order valence-electron chi connectivity index (χ2n) is 18.3. The topological polar surface area (TPSA) is 113 Å². The lowest BCUT2D eigenvalue weighted by atomic mass is 9.89. The summed E-state index contributed by atoms with van der Waals surface area (Å²) in [6, 6.07) is 0. The number of esters is 1. The third kappa shape index (κ3) is 67.2. The highest BCUT2D eigenvalue weighted by molar-refractivity contribution is 5.69. The summed E-state index contributed by atoms with van der Waals surface area (Å²) in [5.74, 6) is 2.60. The molecule has 0 saturated heterocycles. The van der Waals surface area contributed by atoms with Crippen molar-refractivity contribution in [3.05, 3.63) is 0 Å². The number of carbonyl (C=O) groups is 3. The smallest absolute Gasteiger partial charge is 0.306 e. The normalized spacial score (nSPS) is 11.0. The van der Waals surface area contributed by atoms with E-state index < -0.39 is 0 Å². The minimum Gasteiger partial charge on any atom is -0.483 e.